The molecule has 2 fully saturated rings. The molecule has 3 aliphatic rings. The maximum Gasteiger partial charge on any atom is 0.230 e. The van der Waals surface area contributed by atoms with Crippen LogP contribution in [0.25, 0.3) is 17.1 Å². The molecule has 0 spiro atoms. The molecular formula is C25H24N2O9. The van der Waals surface area contributed by atoms with Crippen molar-refractivity contribution in [3.05, 3.63) is 46.7 Å². The number of benzene rings is 1. The number of carbonyl (C=O) groups is 3. The Morgan fingerprint density at radius 3 is 2.67 bits per heavy atom. The van der Waals surface area contributed by atoms with E-state index in [-0.39, 0.29) is 36.1 Å². The minimum atomic E-state index is -2.61. The Hall–Kier alpha value is -3.96. The largest absolute Gasteiger partial charge is 0.507 e. The van der Waals surface area contributed by atoms with Crippen LogP contribution in [-0.2, 0) is 25.6 Å². The predicted molar refractivity (Wildman–Crippen MR) is 124 cm³/mol. The molecule has 2 saturated carbocycles. The third-order valence-electron chi connectivity index (χ3n) is 7.45. The van der Waals surface area contributed by atoms with Crippen molar-refractivity contribution in [3.8, 4) is 17.1 Å². The Morgan fingerprint density at radius 1 is 1.22 bits per heavy atom. The Balaban J connectivity index is 1.62. The number of nitrogens with zero attached hydrogens (tertiary/aromatic N) is 1. The molecule has 0 bridgehead atoms. The number of rotatable bonds is 4. The number of hydrogen-bond acceptors (Lipinski definition) is 10. The smallest absolute Gasteiger partial charge is 0.230 e. The van der Waals surface area contributed by atoms with E-state index in [1.807, 2.05) is 0 Å². The van der Waals surface area contributed by atoms with E-state index in [4.69, 9.17) is 10.2 Å². The minimum absolute atomic E-state index is 0.00703. The van der Waals surface area contributed by atoms with Gasteiger partial charge in [0, 0.05) is 17.1 Å². The SMILES string of the molecule is CO/N=C/c1ccc(-c2ccc(O)c3c2C[C@H]2C[C@H]4CC(O)C(C(N)=O)C(=O)[C@@]4(O)C(=O)C2=C3O)o1. The van der Waals surface area contributed by atoms with Crippen LogP contribution >= 0.6 is 0 Å². The second kappa shape index (κ2) is 8.32. The highest BCUT2D eigenvalue weighted by Crippen LogP contribution is 2.52. The number of oxime groups is 1. The summed E-state index contributed by atoms with van der Waals surface area (Å²) in [7, 11) is 1.39. The van der Waals surface area contributed by atoms with Crippen molar-refractivity contribution in [1.29, 1.82) is 0 Å². The highest BCUT2D eigenvalue weighted by molar-refractivity contribution is 6.24. The maximum absolute atomic E-state index is 13.5. The zero-order valence-electron chi connectivity index (χ0n) is 19.2. The van der Waals surface area contributed by atoms with Gasteiger partial charge in [-0.1, -0.05) is 5.16 Å². The Morgan fingerprint density at radius 2 is 1.97 bits per heavy atom. The van der Waals surface area contributed by atoms with Crippen LogP contribution in [0.3, 0.4) is 0 Å². The molecule has 188 valence electrons. The number of hydrogen-bond donors (Lipinski definition) is 5. The molecule has 1 heterocycles. The van der Waals surface area contributed by atoms with Crippen LogP contribution in [-0.4, -0.2) is 62.9 Å². The molecule has 3 aliphatic carbocycles. The number of amides is 1. The number of fused-ring (bicyclic) bond motifs is 3. The van der Waals surface area contributed by atoms with Crippen molar-refractivity contribution in [2.45, 2.75) is 31.0 Å². The standard InChI is InChI=1S/C25H24N2O9/c1-35-27-9-12-2-5-17(36-12)13-3-4-15(28)19-14(13)7-10-6-11-8-16(29)20(24(26)33)23(32)25(11,34)22(31)18(10)21(19)30/h2-5,9-11,16,20,28-30,34H,6-8H2,1H3,(H2,26,33)/b27-9+/t10-,11+,16?,20?,25+/m1/s1. The molecule has 6 N–H and O–H groups in total. The first-order chi connectivity index (χ1) is 17.1. The van der Waals surface area contributed by atoms with Gasteiger partial charge in [-0.2, -0.15) is 0 Å². The first-order valence-electron chi connectivity index (χ1n) is 11.3. The number of aromatic hydroxyl groups is 1. The first kappa shape index (κ1) is 23.8. The number of furan rings is 1. The normalized spacial score (nSPS) is 29.6. The lowest BCUT2D eigenvalue weighted by Crippen LogP contribution is -2.66. The van der Waals surface area contributed by atoms with Crippen molar-refractivity contribution in [2.75, 3.05) is 7.11 Å². The van der Waals surface area contributed by atoms with Crippen LogP contribution in [0.5, 0.6) is 5.75 Å². The summed E-state index contributed by atoms with van der Waals surface area (Å²) in [5.41, 5.74) is 3.52. The monoisotopic (exact) mass is 496 g/mol. The maximum atomic E-state index is 13.5. The molecule has 0 aliphatic heterocycles. The summed E-state index contributed by atoms with van der Waals surface area (Å²) in [6.07, 6.45) is 0.0124. The van der Waals surface area contributed by atoms with Crippen LogP contribution in [0, 0.1) is 17.8 Å². The van der Waals surface area contributed by atoms with Gasteiger partial charge >= 0.3 is 0 Å². The van der Waals surface area contributed by atoms with Crippen LogP contribution in [0.15, 0.2) is 39.4 Å². The number of carbonyl (C=O) groups excluding carboxylic acids is 3. The summed E-state index contributed by atoms with van der Waals surface area (Å²) in [4.78, 5) is 43.0. The van der Waals surface area contributed by atoms with Gasteiger partial charge in [-0.15, -0.1) is 0 Å². The number of aliphatic hydroxyl groups excluding tert-OH is 2. The van der Waals surface area contributed by atoms with Crippen LogP contribution < -0.4 is 5.73 Å². The third kappa shape index (κ3) is 3.27. The number of phenols is 1. The second-order valence-electron chi connectivity index (χ2n) is 9.34. The van der Waals surface area contributed by atoms with Gasteiger partial charge in [0.2, 0.25) is 11.7 Å². The summed E-state index contributed by atoms with van der Waals surface area (Å²) in [5, 5.41) is 47.1. The summed E-state index contributed by atoms with van der Waals surface area (Å²) >= 11 is 0. The fraction of sp³-hybridized carbons (Fsp3) is 0.360. The van der Waals surface area contributed by atoms with Gasteiger partial charge < -0.3 is 35.4 Å². The number of primary amides is 1. The van der Waals surface area contributed by atoms with Crippen molar-refractivity contribution in [3.63, 3.8) is 0 Å². The molecule has 1 aromatic heterocycles. The van der Waals surface area contributed by atoms with Gasteiger partial charge in [0.15, 0.2) is 11.4 Å². The summed E-state index contributed by atoms with van der Waals surface area (Å²) < 4.78 is 5.80. The predicted octanol–water partition coefficient (Wildman–Crippen LogP) is 0.829. The van der Waals surface area contributed by atoms with Crippen LogP contribution in [0.1, 0.15) is 29.7 Å². The summed E-state index contributed by atoms with van der Waals surface area (Å²) in [6.45, 7) is 0. The highest BCUT2D eigenvalue weighted by Gasteiger charge is 2.64. The molecule has 36 heavy (non-hydrogen) atoms. The highest BCUT2D eigenvalue weighted by atomic mass is 16.6. The Bertz CT molecular complexity index is 1360. The Kier molecular flexibility index (Phi) is 5.49. The topological polar surface area (TPSA) is 193 Å². The molecule has 0 saturated heterocycles. The molecule has 0 radical (unpaired) electrons. The average molecular weight is 496 g/mol. The van der Waals surface area contributed by atoms with E-state index in [0.717, 1.165) is 0 Å². The van der Waals surface area contributed by atoms with Crippen LogP contribution in [0.2, 0.25) is 0 Å². The van der Waals surface area contributed by atoms with E-state index in [9.17, 15) is 34.8 Å². The van der Waals surface area contributed by atoms with Gasteiger partial charge in [-0.05, 0) is 55.0 Å². The number of phenolic OH excluding ortho intramolecular Hbond substituents is 1. The minimum Gasteiger partial charge on any atom is -0.507 e. The van der Waals surface area contributed by atoms with Gasteiger partial charge in [0.05, 0.1) is 11.7 Å². The molecule has 5 rings (SSSR count). The average Bonchev–Trinajstić information content (AvgIpc) is 3.28. The van der Waals surface area contributed by atoms with E-state index in [0.29, 0.717) is 22.6 Å². The zero-order chi connectivity index (χ0) is 25.9. The number of aliphatic hydroxyl groups is 3. The van der Waals surface area contributed by atoms with Crippen molar-refractivity contribution >= 4 is 29.4 Å². The van der Waals surface area contributed by atoms with Gasteiger partial charge in [0.25, 0.3) is 0 Å². The second-order valence-corrected chi connectivity index (χ2v) is 9.34. The van der Waals surface area contributed by atoms with E-state index >= 15 is 0 Å². The molecule has 1 amide bonds. The Labute approximate surface area is 204 Å². The van der Waals surface area contributed by atoms with E-state index < -0.39 is 52.7 Å². The van der Waals surface area contributed by atoms with Crippen molar-refractivity contribution in [1.82, 2.24) is 0 Å². The lowest BCUT2D eigenvalue weighted by atomic mass is 9.56. The lowest BCUT2D eigenvalue weighted by molar-refractivity contribution is -0.174. The summed E-state index contributed by atoms with van der Waals surface area (Å²) in [5.74, 6) is -6.72. The third-order valence-corrected chi connectivity index (χ3v) is 7.45. The lowest BCUT2D eigenvalue weighted by Gasteiger charge is -2.48. The van der Waals surface area contributed by atoms with Gasteiger partial charge in [-0.25, -0.2) is 0 Å². The molecule has 5 atom stereocenters. The zero-order valence-corrected chi connectivity index (χ0v) is 19.2. The molecule has 11 heteroatoms. The van der Waals surface area contributed by atoms with E-state index in [1.165, 1.54) is 19.4 Å². The molecule has 2 aromatic rings. The van der Waals surface area contributed by atoms with Crippen molar-refractivity contribution < 1.29 is 44.1 Å². The fourth-order valence-corrected chi connectivity index (χ4v) is 5.83. The van der Waals surface area contributed by atoms with Crippen molar-refractivity contribution in [2.24, 2.45) is 28.6 Å². The number of ketones is 2. The van der Waals surface area contributed by atoms with Crippen LogP contribution in [0.4, 0.5) is 0 Å². The van der Waals surface area contributed by atoms with E-state index in [1.54, 1.807) is 18.2 Å². The first-order valence-corrected chi connectivity index (χ1v) is 11.3. The molecular weight excluding hydrogens is 472 g/mol. The fourth-order valence-electron chi connectivity index (χ4n) is 5.83. The summed E-state index contributed by atoms with van der Waals surface area (Å²) in [6, 6.07) is 6.31. The molecule has 2 unspecified atom stereocenters. The molecule has 1 aromatic carbocycles. The van der Waals surface area contributed by atoms with E-state index in [2.05, 4.69) is 9.99 Å². The number of nitrogens with two attached hydrogens (primary N) is 1. The molecule has 11 nitrogen and oxygen atoms in total. The quantitative estimate of drug-likeness (QED) is 0.231. The van der Waals surface area contributed by atoms with Gasteiger partial charge in [0.1, 0.15) is 42.3 Å². The van der Waals surface area contributed by atoms with Gasteiger partial charge in [-0.3, -0.25) is 14.4 Å². The number of Topliss-reactive ketones (excluding diaryl/α,β-unsaturated/α-hetero) is 2.